The number of aryl methyl sites for hydroxylation is 1. The summed E-state index contributed by atoms with van der Waals surface area (Å²) in [5, 5.41) is 20.9. The number of hydrogen-bond acceptors (Lipinski definition) is 4. The van der Waals surface area contributed by atoms with Crippen molar-refractivity contribution in [2.75, 3.05) is 17.1 Å². The van der Waals surface area contributed by atoms with E-state index in [9.17, 15) is 0 Å². The molecule has 4 heteroatoms. The van der Waals surface area contributed by atoms with Crippen molar-refractivity contribution in [3.8, 4) is 0 Å². The molecule has 0 heterocycles. The Kier molecular flexibility index (Phi) is 3.73. The summed E-state index contributed by atoms with van der Waals surface area (Å²) in [5.74, 6) is 0. The number of hydrogen-bond donors (Lipinski definition) is 3. The van der Waals surface area contributed by atoms with Gasteiger partial charge in [-0.25, -0.2) is 0 Å². The zero-order chi connectivity index (χ0) is 10.6. The van der Waals surface area contributed by atoms with Gasteiger partial charge in [-0.1, -0.05) is 6.92 Å². The number of benzene rings is 1. The largest absolute Gasteiger partial charge is 0.385 e. The van der Waals surface area contributed by atoms with Gasteiger partial charge in [0.2, 0.25) is 0 Å². The van der Waals surface area contributed by atoms with E-state index >= 15 is 0 Å². The molecule has 0 aliphatic carbocycles. The molecule has 0 aromatic heterocycles. The first-order valence-corrected chi connectivity index (χ1v) is 4.67. The van der Waals surface area contributed by atoms with E-state index in [0.29, 0.717) is 5.69 Å². The van der Waals surface area contributed by atoms with Gasteiger partial charge in [-0.05, 0) is 37.1 Å². The van der Waals surface area contributed by atoms with Crippen molar-refractivity contribution in [1.82, 2.24) is 0 Å². The Balaban J connectivity index is 2.79. The Morgan fingerprint density at radius 3 is 2.57 bits per heavy atom. The molecule has 0 radical (unpaired) electrons. The standard InChI is InChI=1S/C10H16N2O2/c1-3-6-11-10-5-4-9(12(13)14)7-8(10)2/h4-5,7,11,13-14H,3,6H2,1-2H3. The lowest BCUT2D eigenvalue weighted by Crippen LogP contribution is -2.11. The number of anilines is 2. The minimum Gasteiger partial charge on any atom is -0.385 e. The molecular weight excluding hydrogens is 180 g/mol. The minimum absolute atomic E-state index is 0.122. The van der Waals surface area contributed by atoms with Gasteiger partial charge >= 0.3 is 0 Å². The van der Waals surface area contributed by atoms with Crippen molar-refractivity contribution in [3.05, 3.63) is 23.8 Å². The van der Waals surface area contributed by atoms with Gasteiger partial charge in [0.1, 0.15) is 0 Å². The van der Waals surface area contributed by atoms with E-state index < -0.39 is 0 Å². The van der Waals surface area contributed by atoms with Crippen LogP contribution in [-0.2, 0) is 0 Å². The molecule has 0 atom stereocenters. The summed E-state index contributed by atoms with van der Waals surface area (Å²) in [7, 11) is 0. The predicted octanol–water partition coefficient (Wildman–Crippen LogP) is 2.40. The molecule has 1 aromatic carbocycles. The summed E-state index contributed by atoms with van der Waals surface area (Å²) in [6.07, 6.45) is 1.06. The van der Waals surface area contributed by atoms with Crippen LogP contribution in [0.2, 0.25) is 0 Å². The van der Waals surface area contributed by atoms with E-state index in [-0.39, 0.29) is 5.23 Å². The third-order valence-corrected chi connectivity index (χ3v) is 2.01. The molecular formula is C10H16N2O2. The van der Waals surface area contributed by atoms with Crippen molar-refractivity contribution in [3.63, 3.8) is 0 Å². The fourth-order valence-corrected chi connectivity index (χ4v) is 1.23. The first-order valence-electron chi connectivity index (χ1n) is 4.67. The Bertz CT molecular complexity index is 300. The van der Waals surface area contributed by atoms with Crippen LogP contribution in [0, 0.1) is 6.92 Å². The maximum Gasteiger partial charge on any atom is 0.0946 e. The molecule has 3 N–H and O–H groups in total. The maximum absolute atomic E-state index is 8.78. The third-order valence-electron chi connectivity index (χ3n) is 2.01. The van der Waals surface area contributed by atoms with Gasteiger partial charge in [0, 0.05) is 12.2 Å². The highest BCUT2D eigenvalue weighted by Crippen LogP contribution is 2.20. The number of nitrogens with zero attached hydrogens (tertiary/aromatic N) is 1. The average Bonchev–Trinajstić information content (AvgIpc) is 2.15. The highest BCUT2D eigenvalue weighted by Gasteiger charge is 2.02. The predicted molar refractivity (Wildman–Crippen MR) is 56.0 cm³/mol. The number of nitrogens with one attached hydrogen (secondary N) is 1. The van der Waals surface area contributed by atoms with E-state index in [1.165, 1.54) is 0 Å². The summed E-state index contributed by atoms with van der Waals surface area (Å²) in [6, 6.07) is 5.18. The van der Waals surface area contributed by atoms with Crippen molar-refractivity contribution in [2.45, 2.75) is 20.3 Å². The smallest absolute Gasteiger partial charge is 0.0946 e. The van der Waals surface area contributed by atoms with Crippen LogP contribution >= 0.6 is 0 Å². The zero-order valence-corrected chi connectivity index (χ0v) is 8.49. The molecule has 0 aliphatic rings. The van der Waals surface area contributed by atoms with Crippen LogP contribution in [0.4, 0.5) is 11.4 Å². The normalized spacial score (nSPS) is 10.0. The number of rotatable bonds is 4. The maximum atomic E-state index is 8.78. The fourth-order valence-electron chi connectivity index (χ4n) is 1.23. The Morgan fingerprint density at radius 1 is 1.36 bits per heavy atom. The molecule has 0 fully saturated rings. The lowest BCUT2D eigenvalue weighted by molar-refractivity contribution is 0.0291. The minimum atomic E-state index is 0.122. The average molecular weight is 196 g/mol. The molecule has 0 aliphatic heterocycles. The van der Waals surface area contributed by atoms with Gasteiger partial charge in [0.05, 0.1) is 5.69 Å². The van der Waals surface area contributed by atoms with Crippen molar-refractivity contribution < 1.29 is 10.4 Å². The first kappa shape index (κ1) is 10.8. The molecule has 4 nitrogen and oxygen atoms in total. The second kappa shape index (κ2) is 4.83. The molecule has 0 amide bonds. The monoisotopic (exact) mass is 196 g/mol. The van der Waals surface area contributed by atoms with Crippen LogP contribution in [0.5, 0.6) is 0 Å². The molecule has 78 valence electrons. The molecule has 0 unspecified atom stereocenters. The lowest BCUT2D eigenvalue weighted by Gasteiger charge is -2.12. The zero-order valence-electron chi connectivity index (χ0n) is 8.49. The van der Waals surface area contributed by atoms with Crippen molar-refractivity contribution >= 4 is 11.4 Å². The molecule has 0 saturated carbocycles. The van der Waals surface area contributed by atoms with Crippen LogP contribution in [-0.4, -0.2) is 17.0 Å². The molecule has 0 bridgehead atoms. The SMILES string of the molecule is CCCNc1ccc(N(O)O)cc1C. The Hall–Kier alpha value is -1.26. The summed E-state index contributed by atoms with van der Waals surface area (Å²) in [5.41, 5.74) is 2.38. The van der Waals surface area contributed by atoms with E-state index in [1.807, 2.05) is 13.0 Å². The van der Waals surface area contributed by atoms with Gasteiger partial charge in [0.25, 0.3) is 0 Å². The molecule has 0 saturated heterocycles. The highest BCUT2D eigenvalue weighted by molar-refractivity contribution is 5.58. The molecule has 1 rings (SSSR count). The fraction of sp³-hybridized carbons (Fsp3) is 0.400. The van der Waals surface area contributed by atoms with Gasteiger partial charge in [-0.2, -0.15) is 0 Å². The van der Waals surface area contributed by atoms with Crippen LogP contribution in [0.25, 0.3) is 0 Å². The summed E-state index contributed by atoms with van der Waals surface area (Å²) in [4.78, 5) is 0. The lowest BCUT2D eigenvalue weighted by atomic mass is 10.2. The second-order valence-electron chi connectivity index (χ2n) is 3.22. The summed E-state index contributed by atoms with van der Waals surface area (Å²) >= 11 is 0. The molecule has 14 heavy (non-hydrogen) atoms. The van der Waals surface area contributed by atoms with E-state index in [0.717, 1.165) is 24.2 Å². The van der Waals surface area contributed by atoms with Crippen LogP contribution in [0.1, 0.15) is 18.9 Å². The first-order chi connectivity index (χ1) is 6.65. The topological polar surface area (TPSA) is 55.7 Å². The Morgan fingerprint density at radius 2 is 2.07 bits per heavy atom. The third kappa shape index (κ3) is 2.61. The molecule has 0 spiro atoms. The quantitative estimate of drug-likeness (QED) is 0.647. The van der Waals surface area contributed by atoms with Crippen molar-refractivity contribution in [2.24, 2.45) is 0 Å². The van der Waals surface area contributed by atoms with Gasteiger partial charge in [0.15, 0.2) is 0 Å². The van der Waals surface area contributed by atoms with Crippen LogP contribution < -0.4 is 10.5 Å². The van der Waals surface area contributed by atoms with E-state index in [1.54, 1.807) is 12.1 Å². The summed E-state index contributed by atoms with van der Waals surface area (Å²) in [6.45, 7) is 4.94. The Labute approximate surface area is 83.7 Å². The van der Waals surface area contributed by atoms with E-state index in [4.69, 9.17) is 10.4 Å². The van der Waals surface area contributed by atoms with Gasteiger partial charge in [-0.15, -0.1) is 5.23 Å². The van der Waals surface area contributed by atoms with Crippen LogP contribution in [0.15, 0.2) is 18.2 Å². The van der Waals surface area contributed by atoms with Gasteiger partial charge in [-0.3, -0.25) is 10.4 Å². The molecule has 1 aromatic rings. The highest BCUT2D eigenvalue weighted by atomic mass is 16.8. The van der Waals surface area contributed by atoms with E-state index in [2.05, 4.69) is 12.2 Å². The van der Waals surface area contributed by atoms with Crippen LogP contribution in [0.3, 0.4) is 0 Å². The summed E-state index contributed by atoms with van der Waals surface area (Å²) < 4.78 is 0. The van der Waals surface area contributed by atoms with Crippen molar-refractivity contribution in [1.29, 1.82) is 0 Å². The second-order valence-corrected chi connectivity index (χ2v) is 3.22. The van der Waals surface area contributed by atoms with Gasteiger partial charge < -0.3 is 5.32 Å².